The van der Waals surface area contributed by atoms with Crippen LogP contribution in [0.4, 0.5) is 0 Å². The molecule has 0 aliphatic rings. The first-order valence-corrected chi connectivity index (χ1v) is 3.09. The van der Waals surface area contributed by atoms with Crippen LogP contribution in [0.5, 0.6) is 0 Å². The lowest BCUT2D eigenvalue weighted by Gasteiger charge is -2.02. The lowest BCUT2D eigenvalue weighted by atomic mass is 10.5. The maximum atomic E-state index is 8.48. The minimum atomic E-state index is 0.529. The van der Waals surface area contributed by atoms with Gasteiger partial charge in [0.05, 0.1) is 0 Å². The minimum absolute atomic E-state index is 0.529. The van der Waals surface area contributed by atoms with E-state index in [2.05, 4.69) is 0 Å². The summed E-state index contributed by atoms with van der Waals surface area (Å²) >= 11 is 0. The van der Waals surface area contributed by atoms with E-state index in [4.69, 9.17) is 10.1 Å². The molecule has 0 fully saturated rings. The van der Waals surface area contributed by atoms with Gasteiger partial charge in [-0.2, -0.15) is 9.99 Å². The second-order valence-corrected chi connectivity index (χ2v) is 1.75. The van der Waals surface area contributed by atoms with E-state index in [1.807, 2.05) is 13.0 Å². The predicted molar refractivity (Wildman–Crippen MR) is 36.3 cm³/mol. The molecule has 0 amide bonds. The molecule has 0 N–H and O–H groups in total. The van der Waals surface area contributed by atoms with Crippen LogP contribution in [-0.4, -0.2) is 11.3 Å². The Kier molecular flexibility index (Phi) is 1.96. The van der Waals surface area contributed by atoms with Gasteiger partial charge in [-0.3, -0.25) is 0 Å². The van der Waals surface area contributed by atoms with Crippen molar-refractivity contribution in [3.05, 3.63) is 24.0 Å². The third-order valence-corrected chi connectivity index (χ3v) is 1.10. The van der Waals surface area contributed by atoms with E-state index in [1.54, 1.807) is 18.3 Å². The largest absolute Gasteiger partial charge is 0.413 e. The molecule has 0 unspecified atom stereocenters. The number of aromatic nitrogens is 1. The minimum Gasteiger partial charge on any atom is -0.413 e. The van der Waals surface area contributed by atoms with Crippen LogP contribution in [0.1, 0.15) is 12.6 Å². The van der Waals surface area contributed by atoms with Gasteiger partial charge in [0.2, 0.25) is 0 Å². The first-order valence-electron chi connectivity index (χ1n) is 3.09. The molecule has 0 aliphatic heterocycles. The van der Waals surface area contributed by atoms with Crippen LogP contribution in [0.2, 0.25) is 0 Å². The molecule has 0 saturated carbocycles. The summed E-state index contributed by atoms with van der Waals surface area (Å²) in [5.41, 5.74) is 0.529. The van der Waals surface area contributed by atoms with E-state index >= 15 is 0 Å². The van der Waals surface area contributed by atoms with E-state index in [-0.39, 0.29) is 0 Å². The van der Waals surface area contributed by atoms with Gasteiger partial charge in [0.15, 0.2) is 5.69 Å². The van der Waals surface area contributed by atoms with Crippen molar-refractivity contribution in [2.24, 2.45) is 0 Å². The Labute approximate surface area is 59.4 Å². The summed E-state index contributed by atoms with van der Waals surface area (Å²) in [6.07, 6.45) is 1.71. The SMILES string of the molecule is CCOn1cccc1C#N. The molecule has 1 rings (SSSR count). The molecule has 0 aromatic carbocycles. The summed E-state index contributed by atoms with van der Waals surface area (Å²) in [6.45, 7) is 2.45. The number of hydrogen-bond donors (Lipinski definition) is 0. The van der Waals surface area contributed by atoms with Gasteiger partial charge < -0.3 is 4.84 Å². The van der Waals surface area contributed by atoms with Crippen molar-refractivity contribution in [1.82, 2.24) is 4.73 Å². The zero-order chi connectivity index (χ0) is 7.40. The fraction of sp³-hybridized carbons (Fsp3) is 0.286. The molecule has 10 heavy (non-hydrogen) atoms. The van der Waals surface area contributed by atoms with Gasteiger partial charge >= 0.3 is 0 Å². The highest BCUT2D eigenvalue weighted by Crippen LogP contribution is 1.96. The van der Waals surface area contributed by atoms with Crippen LogP contribution in [0.25, 0.3) is 0 Å². The summed E-state index contributed by atoms with van der Waals surface area (Å²) in [5, 5.41) is 8.48. The number of nitriles is 1. The smallest absolute Gasteiger partial charge is 0.156 e. The van der Waals surface area contributed by atoms with Crippen LogP contribution in [-0.2, 0) is 0 Å². The fourth-order valence-corrected chi connectivity index (χ4v) is 0.704. The standard InChI is InChI=1S/C7H8N2O/c1-2-10-9-5-3-4-7(9)6-8/h3-5H,2H2,1H3. The predicted octanol–water partition coefficient (Wildman–Crippen LogP) is 0.808. The normalized spacial score (nSPS) is 8.80. The van der Waals surface area contributed by atoms with Gasteiger partial charge in [-0.1, -0.05) is 0 Å². The third kappa shape index (κ3) is 1.11. The molecule has 52 valence electrons. The van der Waals surface area contributed by atoms with Crippen LogP contribution >= 0.6 is 0 Å². The van der Waals surface area contributed by atoms with Crippen LogP contribution in [0.15, 0.2) is 18.3 Å². The third-order valence-electron chi connectivity index (χ3n) is 1.10. The van der Waals surface area contributed by atoms with Gasteiger partial charge in [-0.05, 0) is 19.1 Å². The second-order valence-electron chi connectivity index (χ2n) is 1.75. The van der Waals surface area contributed by atoms with Gasteiger partial charge in [-0.15, -0.1) is 0 Å². The van der Waals surface area contributed by atoms with Crippen molar-refractivity contribution < 1.29 is 4.84 Å². The molecule has 0 saturated heterocycles. The van der Waals surface area contributed by atoms with E-state index in [0.29, 0.717) is 12.3 Å². The Morgan fingerprint density at radius 1 is 1.80 bits per heavy atom. The van der Waals surface area contributed by atoms with Gasteiger partial charge in [0.25, 0.3) is 0 Å². The number of rotatable bonds is 2. The highest BCUT2D eigenvalue weighted by molar-refractivity contribution is 5.20. The molecule has 0 radical (unpaired) electrons. The summed E-state index contributed by atoms with van der Waals surface area (Å²) in [7, 11) is 0. The second kappa shape index (κ2) is 2.92. The molecule has 0 bridgehead atoms. The molecule has 0 aliphatic carbocycles. The average Bonchev–Trinajstić information content (AvgIpc) is 2.36. The first kappa shape index (κ1) is 6.69. The quantitative estimate of drug-likeness (QED) is 0.603. The monoisotopic (exact) mass is 136 g/mol. The summed E-state index contributed by atoms with van der Waals surface area (Å²) in [6, 6.07) is 5.47. The molecule has 3 nitrogen and oxygen atoms in total. The Morgan fingerprint density at radius 2 is 2.60 bits per heavy atom. The lowest BCUT2D eigenvalue weighted by molar-refractivity contribution is 0.121. The summed E-state index contributed by atoms with van der Waals surface area (Å²) in [4.78, 5) is 5.06. The molecule has 0 spiro atoms. The summed E-state index contributed by atoms with van der Waals surface area (Å²) in [5.74, 6) is 0. The lowest BCUT2D eigenvalue weighted by Crippen LogP contribution is -2.10. The summed E-state index contributed by atoms with van der Waals surface area (Å²) < 4.78 is 1.46. The molecule has 0 atom stereocenters. The zero-order valence-electron chi connectivity index (χ0n) is 5.74. The Balaban J connectivity index is 2.82. The molecule has 1 aromatic heterocycles. The zero-order valence-corrected chi connectivity index (χ0v) is 5.74. The topological polar surface area (TPSA) is 38.0 Å². The molecule has 1 heterocycles. The van der Waals surface area contributed by atoms with Crippen molar-refractivity contribution in [2.75, 3.05) is 6.61 Å². The maximum Gasteiger partial charge on any atom is 0.156 e. The molecular formula is C7H8N2O. The highest BCUT2D eigenvalue weighted by Gasteiger charge is 1.96. The number of hydrogen-bond acceptors (Lipinski definition) is 2. The maximum absolute atomic E-state index is 8.48. The van der Waals surface area contributed by atoms with E-state index in [9.17, 15) is 0 Å². The first-order chi connectivity index (χ1) is 4.88. The molecular weight excluding hydrogens is 128 g/mol. The Morgan fingerprint density at radius 3 is 3.20 bits per heavy atom. The van der Waals surface area contributed by atoms with Gasteiger partial charge in [0, 0.05) is 6.20 Å². The van der Waals surface area contributed by atoms with E-state index < -0.39 is 0 Å². The van der Waals surface area contributed by atoms with Gasteiger partial charge in [0.1, 0.15) is 12.7 Å². The molecule has 3 heteroatoms. The highest BCUT2D eigenvalue weighted by atomic mass is 16.7. The number of nitrogens with zero attached hydrogens (tertiary/aromatic N) is 2. The van der Waals surface area contributed by atoms with Crippen molar-refractivity contribution in [3.63, 3.8) is 0 Å². The van der Waals surface area contributed by atoms with Gasteiger partial charge in [-0.25, -0.2) is 0 Å². The van der Waals surface area contributed by atoms with Crippen molar-refractivity contribution in [1.29, 1.82) is 5.26 Å². The van der Waals surface area contributed by atoms with Crippen LogP contribution in [0.3, 0.4) is 0 Å². The Bertz CT molecular complexity index is 246. The van der Waals surface area contributed by atoms with E-state index in [1.165, 1.54) is 4.73 Å². The van der Waals surface area contributed by atoms with E-state index in [0.717, 1.165) is 0 Å². The van der Waals surface area contributed by atoms with Crippen LogP contribution < -0.4 is 4.84 Å². The average molecular weight is 136 g/mol. The van der Waals surface area contributed by atoms with Crippen molar-refractivity contribution in [3.8, 4) is 6.07 Å². The van der Waals surface area contributed by atoms with Crippen LogP contribution in [0, 0.1) is 11.3 Å². The molecule has 1 aromatic rings. The van der Waals surface area contributed by atoms with Crippen molar-refractivity contribution in [2.45, 2.75) is 6.92 Å². The Hall–Kier alpha value is -1.43. The fourth-order valence-electron chi connectivity index (χ4n) is 0.704. The van der Waals surface area contributed by atoms with Crippen molar-refractivity contribution >= 4 is 0 Å².